The van der Waals surface area contributed by atoms with Gasteiger partial charge in [-0.1, -0.05) is 12.8 Å². The normalized spacial score (nSPS) is 13.7. The number of benzene rings is 1. The smallest absolute Gasteiger partial charge is 0.261 e. The van der Waals surface area contributed by atoms with Crippen LogP contribution in [-0.4, -0.2) is 44.0 Å². The molecule has 0 bridgehead atoms. The second kappa shape index (κ2) is 7.22. The van der Waals surface area contributed by atoms with Gasteiger partial charge in [0.15, 0.2) is 0 Å². The Labute approximate surface area is 125 Å². The largest absolute Gasteiger partial charge is 0.388 e. The number of carbonyl (C=O) groups excluding carboxylic acids is 2. The molecule has 5 nitrogen and oxygen atoms in total. The van der Waals surface area contributed by atoms with Crippen molar-refractivity contribution < 1.29 is 14.3 Å². The van der Waals surface area contributed by atoms with E-state index in [2.05, 4.69) is 5.32 Å². The highest BCUT2D eigenvalue weighted by molar-refractivity contribution is 6.21. The molecule has 1 N–H and O–H groups in total. The molecule has 2 amide bonds. The predicted molar refractivity (Wildman–Crippen MR) is 81.7 cm³/mol. The van der Waals surface area contributed by atoms with Gasteiger partial charge in [0.05, 0.1) is 11.1 Å². The van der Waals surface area contributed by atoms with Crippen LogP contribution in [0.15, 0.2) is 18.2 Å². The zero-order valence-electron chi connectivity index (χ0n) is 12.6. The molecule has 0 radical (unpaired) electrons. The van der Waals surface area contributed by atoms with E-state index in [1.54, 1.807) is 26.3 Å². The molecule has 0 fully saturated rings. The van der Waals surface area contributed by atoms with Crippen LogP contribution in [0.3, 0.4) is 0 Å². The van der Waals surface area contributed by atoms with Gasteiger partial charge in [0.25, 0.3) is 11.8 Å². The van der Waals surface area contributed by atoms with Gasteiger partial charge in [-0.05, 0) is 31.0 Å². The van der Waals surface area contributed by atoms with Crippen molar-refractivity contribution in [2.75, 3.05) is 32.6 Å². The summed E-state index contributed by atoms with van der Waals surface area (Å²) in [5.74, 6) is -0.349. The van der Waals surface area contributed by atoms with Crippen molar-refractivity contribution in [2.45, 2.75) is 25.7 Å². The Hall–Kier alpha value is -1.88. The van der Waals surface area contributed by atoms with E-state index >= 15 is 0 Å². The number of unbranched alkanes of at least 4 members (excludes halogenated alkanes) is 3. The zero-order valence-corrected chi connectivity index (χ0v) is 12.6. The van der Waals surface area contributed by atoms with Crippen molar-refractivity contribution in [1.29, 1.82) is 0 Å². The molecule has 1 aliphatic rings. The Kier molecular flexibility index (Phi) is 5.33. The summed E-state index contributed by atoms with van der Waals surface area (Å²) in [6.45, 7) is 1.26. The van der Waals surface area contributed by atoms with Gasteiger partial charge in [0.1, 0.15) is 0 Å². The Balaban J connectivity index is 1.92. The number of carbonyl (C=O) groups is 2. The van der Waals surface area contributed by atoms with Crippen molar-refractivity contribution in [3.8, 4) is 0 Å². The minimum absolute atomic E-state index is 0.172. The minimum atomic E-state index is -0.177. The van der Waals surface area contributed by atoms with Crippen LogP contribution in [0.2, 0.25) is 0 Å². The first-order valence-corrected chi connectivity index (χ1v) is 7.36. The number of hydrogen-bond acceptors (Lipinski definition) is 4. The fraction of sp³-hybridized carbons (Fsp3) is 0.500. The molecule has 21 heavy (non-hydrogen) atoms. The number of ether oxygens (including phenoxy) is 1. The number of hydrogen-bond donors (Lipinski definition) is 1. The minimum Gasteiger partial charge on any atom is -0.388 e. The van der Waals surface area contributed by atoms with E-state index in [9.17, 15) is 9.59 Å². The first-order chi connectivity index (χ1) is 10.2. The summed E-state index contributed by atoms with van der Waals surface area (Å²) in [5.41, 5.74) is 1.86. The van der Waals surface area contributed by atoms with Crippen molar-refractivity contribution in [1.82, 2.24) is 4.90 Å². The third kappa shape index (κ3) is 3.42. The van der Waals surface area contributed by atoms with E-state index in [1.165, 1.54) is 4.90 Å². The Morgan fingerprint density at radius 2 is 1.76 bits per heavy atom. The highest BCUT2D eigenvalue weighted by atomic mass is 16.5. The average Bonchev–Trinajstić information content (AvgIpc) is 2.74. The number of fused-ring (bicyclic) bond motifs is 1. The van der Waals surface area contributed by atoms with Gasteiger partial charge in [0, 0.05) is 33.0 Å². The van der Waals surface area contributed by atoms with E-state index in [0.29, 0.717) is 17.7 Å². The van der Waals surface area contributed by atoms with Crippen LogP contribution in [0.1, 0.15) is 46.4 Å². The maximum absolute atomic E-state index is 12.3. The van der Waals surface area contributed by atoms with Crippen molar-refractivity contribution in [2.24, 2.45) is 0 Å². The first kappa shape index (κ1) is 15.5. The Morgan fingerprint density at radius 1 is 1.05 bits per heavy atom. The summed E-state index contributed by atoms with van der Waals surface area (Å²) >= 11 is 0. The number of anilines is 1. The molecule has 0 saturated carbocycles. The number of amides is 2. The Bertz CT molecular complexity index is 528. The lowest BCUT2D eigenvalue weighted by atomic mass is 10.1. The molecule has 5 heteroatoms. The second-order valence-electron chi connectivity index (χ2n) is 5.18. The molecule has 2 rings (SSSR count). The van der Waals surface area contributed by atoms with Crippen LogP contribution in [0.5, 0.6) is 0 Å². The molecule has 0 aliphatic carbocycles. The van der Waals surface area contributed by atoms with Gasteiger partial charge >= 0.3 is 0 Å². The standard InChI is InChI=1S/C16H22N2O3/c1-17-12-7-8-13-14(11-12)16(20)18(15(13)19)9-5-3-4-6-10-21-2/h7-8,11,17H,3-6,9-10H2,1-2H3. The van der Waals surface area contributed by atoms with Gasteiger partial charge in [-0.15, -0.1) is 0 Å². The van der Waals surface area contributed by atoms with Crippen molar-refractivity contribution in [3.63, 3.8) is 0 Å². The molecule has 0 unspecified atom stereocenters. The third-order valence-electron chi connectivity index (χ3n) is 3.74. The van der Waals surface area contributed by atoms with Crippen molar-refractivity contribution in [3.05, 3.63) is 29.3 Å². The molecule has 1 aliphatic heterocycles. The van der Waals surface area contributed by atoms with Gasteiger partial charge < -0.3 is 10.1 Å². The molecule has 0 atom stereocenters. The molecule has 1 heterocycles. The van der Waals surface area contributed by atoms with E-state index in [0.717, 1.165) is 38.0 Å². The van der Waals surface area contributed by atoms with Gasteiger partial charge in [-0.25, -0.2) is 0 Å². The molecular formula is C16H22N2O3. The summed E-state index contributed by atoms with van der Waals surface area (Å²) in [6.07, 6.45) is 3.91. The molecule has 0 aromatic heterocycles. The fourth-order valence-corrected chi connectivity index (χ4v) is 2.52. The molecule has 0 spiro atoms. The molecule has 114 valence electrons. The average molecular weight is 290 g/mol. The summed E-state index contributed by atoms with van der Waals surface area (Å²) in [5, 5.41) is 2.98. The zero-order chi connectivity index (χ0) is 15.2. The number of nitrogens with one attached hydrogen (secondary N) is 1. The molecule has 0 saturated heterocycles. The highest BCUT2D eigenvalue weighted by Gasteiger charge is 2.34. The van der Waals surface area contributed by atoms with Crippen LogP contribution in [0, 0.1) is 0 Å². The summed E-state index contributed by atoms with van der Waals surface area (Å²) in [4.78, 5) is 25.9. The van der Waals surface area contributed by atoms with E-state index in [-0.39, 0.29) is 11.8 Å². The van der Waals surface area contributed by atoms with Crippen molar-refractivity contribution >= 4 is 17.5 Å². The monoisotopic (exact) mass is 290 g/mol. The van der Waals surface area contributed by atoms with E-state index < -0.39 is 0 Å². The third-order valence-corrected chi connectivity index (χ3v) is 3.74. The van der Waals surface area contributed by atoms with Crippen LogP contribution >= 0.6 is 0 Å². The summed E-state index contributed by atoms with van der Waals surface area (Å²) in [6, 6.07) is 5.28. The molecular weight excluding hydrogens is 268 g/mol. The number of imide groups is 1. The Morgan fingerprint density at radius 3 is 2.48 bits per heavy atom. The molecule has 1 aromatic carbocycles. The molecule has 1 aromatic rings. The SMILES string of the molecule is CNc1ccc2c(c1)C(=O)N(CCCCCCOC)C2=O. The second-order valence-corrected chi connectivity index (χ2v) is 5.18. The predicted octanol–water partition coefficient (Wildman–Crippen LogP) is 2.53. The first-order valence-electron chi connectivity index (χ1n) is 7.36. The van der Waals surface area contributed by atoms with Gasteiger partial charge in [0.2, 0.25) is 0 Å². The quantitative estimate of drug-likeness (QED) is 0.590. The van der Waals surface area contributed by atoms with Gasteiger partial charge in [-0.3, -0.25) is 14.5 Å². The van der Waals surface area contributed by atoms with Crippen LogP contribution < -0.4 is 5.32 Å². The highest BCUT2D eigenvalue weighted by Crippen LogP contribution is 2.26. The lowest BCUT2D eigenvalue weighted by Crippen LogP contribution is -2.30. The summed E-state index contributed by atoms with van der Waals surface area (Å²) < 4.78 is 5.00. The number of methoxy groups -OCH3 is 1. The topological polar surface area (TPSA) is 58.6 Å². The van der Waals surface area contributed by atoms with E-state index in [1.807, 2.05) is 6.07 Å². The van der Waals surface area contributed by atoms with Gasteiger partial charge in [-0.2, -0.15) is 0 Å². The van der Waals surface area contributed by atoms with Crippen LogP contribution in [0.25, 0.3) is 0 Å². The van der Waals surface area contributed by atoms with Crippen LogP contribution in [-0.2, 0) is 4.74 Å². The fourth-order valence-electron chi connectivity index (χ4n) is 2.52. The number of rotatable bonds is 8. The summed E-state index contributed by atoms with van der Waals surface area (Å²) in [7, 11) is 3.49. The maximum Gasteiger partial charge on any atom is 0.261 e. The lowest BCUT2D eigenvalue weighted by Gasteiger charge is -2.13. The lowest BCUT2D eigenvalue weighted by molar-refractivity contribution is 0.0651. The van der Waals surface area contributed by atoms with E-state index in [4.69, 9.17) is 4.74 Å². The van der Waals surface area contributed by atoms with Crippen LogP contribution in [0.4, 0.5) is 5.69 Å². The number of nitrogens with zero attached hydrogens (tertiary/aromatic N) is 1. The maximum atomic E-state index is 12.3.